The number of nitrogens with two attached hydrogens (primary N) is 2. The van der Waals surface area contributed by atoms with Gasteiger partial charge >= 0.3 is 46.7 Å². The van der Waals surface area contributed by atoms with Crippen LogP contribution in [0.15, 0.2) is 126 Å². The Balaban J connectivity index is 0.000000291. The van der Waals surface area contributed by atoms with Crippen molar-refractivity contribution in [3.8, 4) is 0 Å². The number of carboxylic acids is 2. The van der Waals surface area contributed by atoms with Crippen molar-refractivity contribution in [3.05, 3.63) is 186 Å². The number of oxime groups is 1. The van der Waals surface area contributed by atoms with Crippen LogP contribution < -0.4 is 52.3 Å². The number of hydroxylamine groups is 2. The van der Waals surface area contributed by atoms with Crippen molar-refractivity contribution in [1.82, 2.24) is 81.1 Å². The van der Waals surface area contributed by atoms with Gasteiger partial charge in [-0.3, -0.25) is 38.7 Å². The van der Waals surface area contributed by atoms with Crippen molar-refractivity contribution in [2.45, 2.75) is 77.8 Å². The third-order valence-electron chi connectivity index (χ3n) is 15.2. The van der Waals surface area contributed by atoms with E-state index in [0.717, 1.165) is 114 Å². The minimum atomic E-state index is -3.22. The summed E-state index contributed by atoms with van der Waals surface area (Å²) in [6.07, 6.45) is 8.81. The number of pyridine rings is 5. The first-order valence-corrected chi connectivity index (χ1v) is 46.3. The minimum absolute atomic E-state index is 0. The molecule has 39 nitrogen and oxygen atoms in total. The average molecular weight is 1980 g/mol. The van der Waals surface area contributed by atoms with Gasteiger partial charge in [0.15, 0.2) is 41.6 Å². The molecule has 646 valence electrons. The van der Waals surface area contributed by atoms with Crippen LogP contribution >= 0.6 is 163 Å². The van der Waals surface area contributed by atoms with Crippen LogP contribution in [-0.2, 0) is 28.5 Å². The molecule has 55 heteroatoms. The predicted octanol–water partition coefficient (Wildman–Crippen LogP) is 14.5. The molecular weight excluding hydrogens is 1910 g/mol. The van der Waals surface area contributed by atoms with Gasteiger partial charge < -0.3 is 45.9 Å². The zero-order valence-corrected chi connectivity index (χ0v) is 78.0. The number of carboxylic acid groups (broad SMARTS) is 2. The summed E-state index contributed by atoms with van der Waals surface area (Å²) in [5, 5.41) is 91.9. The van der Waals surface area contributed by atoms with E-state index in [2.05, 4.69) is 112 Å². The number of nitrogens with zero attached hydrogens (tertiary/aromatic N) is 18. The van der Waals surface area contributed by atoms with E-state index in [1.807, 2.05) is 91.5 Å². The zero-order chi connectivity index (χ0) is 88.4. The number of Topliss-reactive ketones (excluding diaryl/α,β-unsaturated/α-hetero) is 1. The molecule has 3 atom stereocenters. The van der Waals surface area contributed by atoms with Crippen molar-refractivity contribution in [3.63, 3.8) is 0 Å². The Morgan fingerprint density at radius 2 is 1.02 bits per heavy atom. The van der Waals surface area contributed by atoms with Gasteiger partial charge in [0.25, 0.3) is 11.8 Å². The normalized spacial score (nSPS) is 13.7. The van der Waals surface area contributed by atoms with Gasteiger partial charge in [0.05, 0.1) is 80.3 Å². The van der Waals surface area contributed by atoms with Crippen molar-refractivity contribution >= 4 is 273 Å². The van der Waals surface area contributed by atoms with E-state index < -0.39 is 29.3 Å². The SMILES string of the molecule is C/C(=N\O)c1ccsc1.C1CCOC1.CC(=O)c1ccsc1.Cl.NO.NOC1CCCCO1.O=C(NO)c1cc2sccc2n2nnnc12.O=C(NOC1CCCCO1)c1cc2sccc2n2nnnc12.O=C(O)c1cc2sccc2n2nnnc12.O=C(O)c1cc2sccc2nc1Cl.O=Cc1cc2sccc2nc1Cl.O=P(Cl)(Cl)Cl.[2H]PC.[N-]=[N+]=[N-].[Na+]. The Morgan fingerprint density at radius 3 is 1.39 bits per heavy atom. The fourth-order valence-corrected chi connectivity index (χ4v) is 15.5. The molecule has 3 saturated heterocycles. The molecule has 3 aliphatic rings. The number of hydrogen-bond donors (Lipinski definition) is 9. The molecule has 0 aromatic carbocycles. The van der Waals surface area contributed by atoms with E-state index in [-0.39, 0.29) is 92.6 Å². The molecule has 3 fully saturated rings. The second-order valence-corrected chi connectivity index (χ2v) is 36.4. The molecule has 3 unspecified atom stereocenters. The fraction of sp³-hybridized carbons (Fsp3) is 0.254. The number of fused-ring (bicyclic) bond motifs is 11. The van der Waals surface area contributed by atoms with Gasteiger partial charge in [-0.15, -0.1) is 93.6 Å². The molecule has 2 amide bonds. The van der Waals surface area contributed by atoms with Crippen LogP contribution in [0.4, 0.5) is 0 Å². The molecule has 11 N–H and O–H groups in total. The van der Waals surface area contributed by atoms with Gasteiger partial charge in [-0.05, 0) is 233 Å². The van der Waals surface area contributed by atoms with Crippen LogP contribution in [0, 0.1) is 0 Å². The molecule has 122 heavy (non-hydrogen) atoms. The van der Waals surface area contributed by atoms with E-state index >= 15 is 0 Å². The van der Waals surface area contributed by atoms with Crippen molar-refractivity contribution in [1.29, 1.82) is 1.28 Å². The van der Waals surface area contributed by atoms with Gasteiger partial charge in [0.2, 0.25) is 0 Å². The summed E-state index contributed by atoms with van der Waals surface area (Å²) in [7, 11) is 0.333. The Bertz CT molecular complexity index is 5880. The first-order chi connectivity index (χ1) is 58.3. The maximum Gasteiger partial charge on any atom is 1.00 e. The van der Waals surface area contributed by atoms with Crippen LogP contribution in [0.1, 0.15) is 133 Å². The van der Waals surface area contributed by atoms with Crippen LogP contribution in [0.25, 0.3) is 84.0 Å². The third kappa shape index (κ3) is 33.3. The Hall–Kier alpha value is -7.81. The fourth-order valence-electron chi connectivity index (χ4n) is 9.77. The summed E-state index contributed by atoms with van der Waals surface area (Å²) in [4.78, 5) is 85.7. The monoisotopic (exact) mass is 1980 g/mol. The Kier molecular flexibility index (Phi) is 48.9. The number of amides is 2. The third-order valence-corrected chi connectivity index (χ3v) is 21.4. The van der Waals surface area contributed by atoms with E-state index in [1.165, 1.54) is 84.6 Å². The summed E-state index contributed by atoms with van der Waals surface area (Å²) in [6.45, 7) is 8.60. The standard InChI is InChI=1S/C13H13N5O3S.C8H4ClNO2S.C8H4ClNOS.C8H5N5O2S.C8H4N4O2S.C6H7NOS.C6H6OS.C5H11NO2.C4H8O.CH5P.Cl3OP.ClH.N3.H3NO.Na/c19-13(15-21-11-3-1-2-5-20-11)8-7-10-9(4-6-22-10)18-12(8)14-16-17-18;9-7-4(8(11)12)3-6-5(10-7)1-2-13-6;9-8-5(4-11)3-7-6(10-8)1-2-12-7;14-8(10-15)4-3-6-5(1-2-16-6)13-7(4)9-11-12-13;13-8(14)4-3-6-5(1-2-15-6)12-7(4)9-10-11-12;1-5(7-8)6-2-3-9-4-6;1-5(7)6-2-3-8-4-6;6-8-5-3-1-2-4-7-5;1-2-4-5-3-1;1-2;1-5(2,3)4;;1-3-2;1-2;/h4,6-7,11H,1-3,5H2,(H,15,19);1-3H,(H,11,12);1-4H;1-3,15H,(H,10,14);1-3H,(H,13,14);2-4,8H,1H3;2-4H,1H3;5H,1-4,6H2;1-4H2;2H2,1H3;;1H;;2H,1H2;/q;;;;;;;;;;;;-1;;+1/b;;;;;7-5+;;;;;;;;;/i;;;;;;;;;2D;;;;;. The van der Waals surface area contributed by atoms with Gasteiger partial charge in [-0.25, -0.2) is 47.1 Å². The van der Waals surface area contributed by atoms with Crippen LogP contribution in [0.2, 0.25) is 10.3 Å². The van der Waals surface area contributed by atoms with Gasteiger partial charge in [0.1, 0.15) is 15.9 Å². The number of ketones is 1. The topological polar surface area (TPSA) is 569 Å². The number of carbonyl (C=O) groups excluding carboxylic acids is 4. The number of hydrogen-bond acceptors (Lipinski definition) is 36. The number of tetrazole rings is 3. The Labute approximate surface area is 774 Å². The molecule has 18 rings (SSSR count). The van der Waals surface area contributed by atoms with Crippen molar-refractivity contribution in [2.24, 2.45) is 16.9 Å². The molecule has 18 heterocycles. The molecule has 15 aromatic heterocycles. The molecule has 3 aliphatic heterocycles. The second-order valence-electron chi connectivity index (χ2n) is 22.8. The first kappa shape index (κ1) is 105. The molecular formula is C67H71Cl6N22NaO17P2S7. The van der Waals surface area contributed by atoms with E-state index in [9.17, 15) is 33.3 Å². The van der Waals surface area contributed by atoms with E-state index in [0.29, 0.717) is 50.2 Å². The number of carbonyl (C=O) groups is 6. The second kappa shape index (κ2) is 56.9. The minimum Gasteiger partial charge on any atom is -0.478 e. The van der Waals surface area contributed by atoms with Crippen LogP contribution in [0.5, 0.6) is 0 Å². The summed E-state index contributed by atoms with van der Waals surface area (Å²) in [5.74, 6) is 5.44. The largest absolute Gasteiger partial charge is 1.00 e. The molecule has 0 aliphatic carbocycles. The molecule has 0 bridgehead atoms. The van der Waals surface area contributed by atoms with Gasteiger partial charge in [-0.2, -0.15) is 36.2 Å². The number of aldehydes is 1. The molecule has 0 saturated carbocycles. The number of ether oxygens (including phenoxy) is 3. The van der Waals surface area contributed by atoms with Crippen molar-refractivity contribution < 1.29 is 113 Å². The van der Waals surface area contributed by atoms with E-state index in [1.54, 1.807) is 88.2 Å². The number of nitrogens with one attached hydrogen (secondary N) is 2. The number of rotatable bonds is 10. The van der Waals surface area contributed by atoms with Crippen LogP contribution in [-0.4, -0.2) is 184 Å². The van der Waals surface area contributed by atoms with Crippen molar-refractivity contribution in [2.75, 3.05) is 33.1 Å². The number of aromatic nitrogens is 14. The van der Waals surface area contributed by atoms with Gasteiger partial charge in [0, 0.05) is 55.8 Å². The summed E-state index contributed by atoms with van der Waals surface area (Å²) in [6, 6.07) is 21.4. The maximum absolute atomic E-state index is 12.4. The van der Waals surface area contributed by atoms with Gasteiger partial charge in [-0.1, -0.05) is 35.0 Å². The number of halogens is 6. The zero-order valence-electron chi connectivity index (χ0n) is 64.8. The Morgan fingerprint density at radius 1 is 0.631 bits per heavy atom. The summed E-state index contributed by atoms with van der Waals surface area (Å²) < 4.78 is 40.1. The molecule has 0 radical (unpaired) electrons. The molecule has 15 aromatic rings. The predicted molar refractivity (Wildman–Crippen MR) is 474 cm³/mol. The van der Waals surface area contributed by atoms with Crippen LogP contribution in [0.3, 0.4) is 0 Å². The number of thiophene rings is 7. The maximum atomic E-state index is 12.4. The summed E-state index contributed by atoms with van der Waals surface area (Å²) in [5.41, 5.74) is 26.3. The number of aromatic carboxylic acids is 2. The average Bonchev–Trinajstić information content (AvgIpc) is 1.63. The van der Waals surface area contributed by atoms with E-state index in [4.69, 9.17) is 86.3 Å². The first-order valence-electron chi connectivity index (χ1n) is 34.4. The quantitative estimate of drug-likeness (QED) is 0.00499. The smallest absolute Gasteiger partial charge is 0.478 e. The molecule has 0 spiro atoms. The summed E-state index contributed by atoms with van der Waals surface area (Å²) >= 11 is 35.8.